The zero-order valence-electron chi connectivity index (χ0n) is 8.67. The van der Waals surface area contributed by atoms with Crippen LogP contribution in [0.3, 0.4) is 0 Å². The number of carbonyl (C=O) groups excluding carboxylic acids is 1. The highest BCUT2D eigenvalue weighted by Crippen LogP contribution is 2.46. The van der Waals surface area contributed by atoms with Gasteiger partial charge in [-0.05, 0) is 24.2 Å². The zero-order chi connectivity index (χ0) is 10.1. The predicted octanol–water partition coefficient (Wildman–Crippen LogP) is 1.31. The highest BCUT2D eigenvalue weighted by atomic mass is 16.5. The number of rotatable bonds is 3. The van der Waals surface area contributed by atoms with Crippen LogP contribution in [0.5, 0.6) is 0 Å². The fraction of sp³-hybridized carbons (Fsp3) is 0.900. The van der Waals surface area contributed by atoms with Gasteiger partial charge in [0, 0.05) is 6.04 Å². The lowest BCUT2D eigenvalue weighted by Gasteiger charge is -2.45. The summed E-state index contributed by atoms with van der Waals surface area (Å²) in [5.41, 5.74) is 6.30. The first-order valence-corrected chi connectivity index (χ1v) is 4.77. The monoisotopic (exact) mass is 185 g/mol. The maximum absolute atomic E-state index is 10.9. The maximum atomic E-state index is 10.9. The summed E-state index contributed by atoms with van der Waals surface area (Å²) in [5.74, 6) is 0.311. The molecule has 0 saturated heterocycles. The van der Waals surface area contributed by atoms with Crippen molar-refractivity contribution in [1.29, 1.82) is 0 Å². The molecule has 2 N–H and O–H groups in total. The van der Waals surface area contributed by atoms with E-state index in [0.29, 0.717) is 17.8 Å². The third-order valence-electron chi connectivity index (χ3n) is 2.87. The van der Waals surface area contributed by atoms with Gasteiger partial charge in [-0.3, -0.25) is 4.79 Å². The molecule has 1 atom stereocenters. The van der Waals surface area contributed by atoms with E-state index in [1.165, 1.54) is 7.11 Å². The molecule has 3 heteroatoms. The second-order valence-corrected chi connectivity index (χ2v) is 4.78. The minimum atomic E-state index is -0.197. The van der Waals surface area contributed by atoms with Crippen LogP contribution in [0, 0.1) is 11.3 Å². The zero-order valence-corrected chi connectivity index (χ0v) is 8.67. The van der Waals surface area contributed by atoms with Gasteiger partial charge in [0.05, 0.1) is 13.5 Å². The number of carbonyl (C=O) groups is 1. The van der Waals surface area contributed by atoms with Gasteiger partial charge in [-0.1, -0.05) is 13.8 Å². The van der Waals surface area contributed by atoms with Crippen molar-refractivity contribution in [2.45, 2.75) is 39.2 Å². The number of hydrogen-bond donors (Lipinski definition) is 1. The quantitative estimate of drug-likeness (QED) is 0.674. The Balaban J connectivity index is 2.27. The smallest absolute Gasteiger partial charge is 0.307 e. The predicted molar refractivity (Wildman–Crippen MR) is 51.1 cm³/mol. The molecule has 0 aliphatic heterocycles. The molecule has 3 nitrogen and oxygen atoms in total. The molecule has 1 unspecified atom stereocenters. The minimum absolute atomic E-state index is 0.0134. The minimum Gasteiger partial charge on any atom is -0.469 e. The van der Waals surface area contributed by atoms with Gasteiger partial charge in [-0.15, -0.1) is 0 Å². The molecule has 0 heterocycles. The van der Waals surface area contributed by atoms with Crippen LogP contribution in [0.2, 0.25) is 0 Å². The van der Waals surface area contributed by atoms with Crippen LogP contribution in [0.4, 0.5) is 0 Å². The van der Waals surface area contributed by atoms with E-state index >= 15 is 0 Å². The average molecular weight is 185 g/mol. The first-order chi connectivity index (χ1) is 5.94. The molecule has 1 aliphatic rings. The van der Waals surface area contributed by atoms with E-state index < -0.39 is 0 Å². The van der Waals surface area contributed by atoms with Crippen molar-refractivity contribution in [3.05, 3.63) is 0 Å². The Hall–Kier alpha value is -0.570. The van der Waals surface area contributed by atoms with E-state index in [-0.39, 0.29) is 12.0 Å². The summed E-state index contributed by atoms with van der Waals surface area (Å²) < 4.78 is 4.57. The molecule has 0 bridgehead atoms. The summed E-state index contributed by atoms with van der Waals surface area (Å²) in [6.07, 6.45) is 2.62. The molecular formula is C10H19NO2. The highest BCUT2D eigenvalue weighted by Gasteiger charge is 2.39. The summed E-state index contributed by atoms with van der Waals surface area (Å²) in [4.78, 5) is 10.9. The molecule has 1 aliphatic carbocycles. The van der Waals surface area contributed by atoms with Crippen LogP contribution in [0.15, 0.2) is 0 Å². The fourth-order valence-electron chi connectivity index (χ4n) is 2.10. The van der Waals surface area contributed by atoms with E-state index in [4.69, 9.17) is 5.73 Å². The van der Waals surface area contributed by atoms with Crippen LogP contribution in [0.1, 0.15) is 33.1 Å². The van der Waals surface area contributed by atoms with Gasteiger partial charge in [0.2, 0.25) is 0 Å². The number of ether oxygens (including phenoxy) is 1. The van der Waals surface area contributed by atoms with Crippen molar-refractivity contribution in [3.63, 3.8) is 0 Å². The van der Waals surface area contributed by atoms with Gasteiger partial charge < -0.3 is 10.5 Å². The number of esters is 1. The molecular weight excluding hydrogens is 166 g/mol. The summed E-state index contributed by atoms with van der Waals surface area (Å²) >= 11 is 0. The maximum Gasteiger partial charge on any atom is 0.307 e. The van der Waals surface area contributed by atoms with Gasteiger partial charge in [0.1, 0.15) is 0 Å². The lowest BCUT2D eigenvalue weighted by Crippen LogP contribution is -2.44. The molecule has 13 heavy (non-hydrogen) atoms. The van der Waals surface area contributed by atoms with Crippen molar-refractivity contribution >= 4 is 5.97 Å². The average Bonchev–Trinajstić information content (AvgIpc) is 1.99. The van der Waals surface area contributed by atoms with Crippen LogP contribution in [0.25, 0.3) is 0 Å². The van der Waals surface area contributed by atoms with Crippen molar-refractivity contribution in [1.82, 2.24) is 0 Å². The molecule has 76 valence electrons. The lowest BCUT2D eigenvalue weighted by atomic mass is 9.62. The highest BCUT2D eigenvalue weighted by molar-refractivity contribution is 5.69. The third-order valence-corrected chi connectivity index (χ3v) is 2.87. The number of methoxy groups -OCH3 is 1. The first kappa shape index (κ1) is 10.5. The van der Waals surface area contributed by atoms with E-state index in [0.717, 1.165) is 12.8 Å². The van der Waals surface area contributed by atoms with Gasteiger partial charge in [-0.25, -0.2) is 0 Å². The largest absolute Gasteiger partial charge is 0.469 e. The van der Waals surface area contributed by atoms with Gasteiger partial charge >= 0.3 is 5.97 Å². The third kappa shape index (κ3) is 2.69. The first-order valence-electron chi connectivity index (χ1n) is 4.77. The molecule has 0 aromatic heterocycles. The Morgan fingerprint density at radius 1 is 1.62 bits per heavy atom. The molecule has 0 aromatic rings. The molecule has 1 rings (SSSR count). The Morgan fingerprint density at radius 2 is 2.15 bits per heavy atom. The van der Waals surface area contributed by atoms with Crippen molar-refractivity contribution in [2.24, 2.45) is 17.1 Å². The Morgan fingerprint density at radius 3 is 2.54 bits per heavy atom. The summed E-state index contributed by atoms with van der Waals surface area (Å²) in [5, 5.41) is 0. The van der Waals surface area contributed by atoms with Crippen LogP contribution in [-0.2, 0) is 9.53 Å². The van der Waals surface area contributed by atoms with E-state index in [1.807, 2.05) is 0 Å². The Labute approximate surface area is 79.6 Å². The summed E-state index contributed by atoms with van der Waals surface area (Å²) in [7, 11) is 1.40. The molecule has 1 fully saturated rings. The number of hydrogen-bond acceptors (Lipinski definition) is 3. The molecule has 0 spiro atoms. The molecule has 0 radical (unpaired) electrons. The fourth-order valence-corrected chi connectivity index (χ4v) is 2.10. The van der Waals surface area contributed by atoms with Gasteiger partial charge in [0.25, 0.3) is 0 Å². The molecule has 0 aromatic carbocycles. The van der Waals surface area contributed by atoms with E-state index in [9.17, 15) is 4.79 Å². The second kappa shape index (κ2) is 3.66. The SMILES string of the molecule is COC(=O)CC(N)C1CC(C)(C)C1. The van der Waals surface area contributed by atoms with Crippen LogP contribution >= 0.6 is 0 Å². The van der Waals surface area contributed by atoms with Crippen molar-refractivity contribution in [3.8, 4) is 0 Å². The number of nitrogens with two attached hydrogens (primary N) is 1. The molecule has 1 saturated carbocycles. The topological polar surface area (TPSA) is 52.3 Å². The van der Waals surface area contributed by atoms with Crippen molar-refractivity contribution in [2.75, 3.05) is 7.11 Å². The normalized spacial score (nSPS) is 23.4. The summed E-state index contributed by atoms with van der Waals surface area (Å²) in [6, 6.07) is -0.0134. The van der Waals surface area contributed by atoms with Gasteiger partial charge in [0.15, 0.2) is 0 Å². The van der Waals surface area contributed by atoms with E-state index in [2.05, 4.69) is 18.6 Å². The molecule has 0 amide bonds. The van der Waals surface area contributed by atoms with Crippen LogP contribution in [-0.4, -0.2) is 19.1 Å². The van der Waals surface area contributed by atoms with Crippen molar-refractivity contribution < 1.29 is 9.53 Å². The second-order valence-electron chi connectivity index (χ2n) is 4.78. The van der Waals surface area contributed by atoms with Gasteiger partial charge in [-0.2, -0.15) is 0 Å². The standard InChI is InChI=1S/C10H19NO2/c1-10(2)5-7(6-10)8(11)4-9(12)13-3/h7-8H,4-6,11H2,1-3H3. The Kier molecular flexibility index (Phi) is 2.96. The Bertz CT molecular complexity index is 193. The van der Waals surface area contributed by atoms with Crippen LogP contribution < -0.4 is 5.73 Å². The lowest BCUT2D eigenvalue weighted by molar-refractivity contribution is -0.141. The summed E-state index contributed by atoms with van der Waals surface area (Å²) in [6.45, 7) is 4.46. The van der Waals surface area contributed by atoms with E-state index in [1.54, 1.807) is 0 Å².